The van der Waals surface area contributed by atoms with Gasteiger partial charge in [0.05, 0.1) is 0 Å². The Kier molecular flexibility index (Phi) is 7.45. The highest BCUT2D eigenvalue weighted by molar-refractivity contribution is 6.31. The maximum absolute atomic E-state index is 11.9. The Morgan fingerprint density at radius 1 is 0.852 bits per heavy atom. The van der Waals surface area contributed by atoms with Crippen LogP contribution < -0.4 is 21.5 Å². The monoisotopic (exact) mass is 408 g/mol. The minimum absolute atomic E-state index is 0.0434. The number of rotatable bonds is 5. The second-order valence-electron chi connectivity index (χ2n) is 5.59. The van der Waals surface area contributed by atoms with Crippen molar-refractivity contribution in [1.29, 1.82) is 0 Å². The molecule has 0 aliphatic heterocycles. The molecule has 4 amide bonds. The highest BCUT2D eigenvalue weighted by Crippen LogP contribution is 2.23. The molecule has 2 rings (SSSR count). The fourth-order valence-electron chi connectivity index (χ4n) is 2.07. The van der Waals surface area contributed by atoms with Crippen LogP contribution in [0.5, 0.6) is 0 Å². The molecule has 2 aromatic rings. The highest BCUT2D eigenvalue weighted by atomic mass is 35.5. The average Bonchev–Trinajstić information content (AvgIpc) is 2.64. The van der Waals surface area contributed by atoms with Gasteiger partial charge in [-0.05, 0) is 48.9 Å². The normalized spacial score (nSPS) is 10.0. The zero-order valence-corrected chi connectivity index (χ0v) is 15.9. The summed E-state index contributed by atoms with van der Waals surface area (Å²) in [5.74, 6) is -0.833. The van der Waals surface area contributed by atoms with Crippen molar-refractivity contribution in [3.8, 4) is 0 Å². The standard InChI is InChI=1S/C18H18Cl2N4O3/c1-11-14(20)3-2-4-15(11)22-16(25)9-10-17(26)23-24-18(27)21-13-7-5-12(19)6-8-13/h2-8H,9-10H2,1H3,(H,22,25)(H,23,26)(H2,21,24,27). The molecule has 0 spiro atoms. The van der Waals surface area contributed by atoms with Gasteiger partial charge in [0.1, 0.15) is 0 Å². The van der Waals surface area contributed by atoms with Crippen molar-refractivity contribution in [3.05, 3.63) is 58.1 Å². The lowest BCUT2D eigenvalue weighted by atomic mass is 10.2. The molecule has 0 radical (unpaired) electrons. The van der Waals surface area contributed by atoms with Crippen LogP contribution in [0, 0.1) is 6.92 Å². The number of anilines is 2. The fourth-order valence-corrected chi connectivity index (χ4v) is 2.37. The number of halogens is 2. The molecule has 27 heavy (non-hydrogen) atoms. The Hall–Kier alpha value is -2.77. The number of amides is 4. The zero-order valence-electron chi connectivity index (χ0n) is 14.4. The molecule has 0 atom stereocenters. The van der Waals surface area contributed by atoms with Crippen molar-refractivity contribution >= 4 is 52.4 Å². The van der Waals surface area contributed by atoms with Gasteiger partial charge < -0.3 is 10.6 Å². The number of hydrogen-bond acceptors (Lipinski definition) is 3. The van der Waals surface area contributed by atoms with Crippen LogP contribution in [-0.2, 0) is 9.59 Å². The Morgan fingerprint density at radius 2 is 1.52 bits per heavy atom. The van der Waals surface area contributed by atoms with E-state index in [2.05, 4.69) is 21.5 Å². The van der Waals surface area contributed by atoms with E-state index in [1.54, 1.807) is 49.4 Å². The SMILES string of the molecule is Cc1c(Cl)cccc1NC(=O)CCC(=O)NNC(=O)Nc1ccc(Cl)cc1. The maximum atomic E-state index is 11.9. The summed E-state index contributed by atoms with van der Waals surface area (Å²) in [7, 11) is 0. The van der Waals surface area contributed by atoms with E-state index in [-0.39, 0.29) is 18.7 Å². The molecule has 0 aromatic heterocycles. The summed E-state index contributed by atoms with van der Waals surface area (Å²) in [6.45, 7) is 1.79. The van der Waals surface area contributed by atoms with Crippen LogP contribution >= 0.6 is 23.2 Å². The smallest absolute Gasteiger partial charge is 0.326 e. The number of nitrogens with one attached hydrogen (secondary N) is 4. The van der Waals surface area contributed by atoms with Gasteiger partial charge in [-0.15, -0.1) is 0 Å². The van der Waals surface area contributed by atoms with Crippen LogP contribution in [0.2, 0.25) is 10.0 Å². The first kappa shape index (κ1) is 20.5. The number of hydrogen-bond donors (Lipinski definition) is 4. The number of carbonyl (C=O) groups excluding carboxylic acids is 3. The summed E-state index contributed by atoms with van der Waals surface area (Å²) in [5, 5.41) is 6.30. The van der Waals surface area contributed by atoms with Crippen LogP contribution in [-0.4, -0.2) is 17.8 Å². The van der Waals surface area contributed by atoms with Gasteiger partial charge in [-0.3, -0.25) is 15.0 Å². The Bertz CT molecular complexity index is 841. The number of carbonyl (C=O) groups is 3. The molecule has 0 unspecified atom stereocenters. The second kappa shape index (κ2) is 9.80. The summed E-state index contributed by atoms with van der Waals surface area (Å²) < 4.78 is 0. The van der Waals surface area contributed by atoms with E-state index in [4.69, 9.17) is 23.2 Å². The predicted octanol–water partition coefficient (Wildman–Crippen LogP) is 3.87. The van der Waals surface area contributed by atoms with E-state index in [1.165, 1.54) is 0 Å². The minimum atomic E-state index is -0.621. The van der Waals surface area contributed by atoms with E-state index in [1.807, 2.05) is 0 Å². The molecular formula is C18H18Cl2N4O3. The fraction of sp³-hybridized carbons (Fsp3) is 0.167. The molecule has 0 aliphatic rings. The summed E-state index contributed by atoms with van der Waals surface area (Å²) in [6, 6.07) is 11.0. The van der Waals surface area contributed by atoms with E-state index in [9.17, 15) is 14.4 Å². The van der Waals surface area contributed by atoms with Gasteiger partial charge in [0.15, 0.2) is 0 Å². The first-order valence-electron chi connectivity index (χ1n) is 8.01. The number of hydrazine groups is 1. The van der Waals surface area contributed by atoms with Crippen molar-refractivity contribution in [2.45, 2.75) is 19.8 Å². The molecule has 9 heteroatoms. The van der Waals surface area contributed by atoms with Crippen LogP contribution in [0.25, 0.3) is 0 Å². The first-order valence-corrected chi connectivity index (χ1v) is 8.77. The average molecular weight is 409 g/mol. The van der Waals surface area contributed by atoms with Crippen LogP contribution in [0.1, 0.15) is 18.4 Å². The summed E-state index contributed by atoms with van der Waals surface area (Å²) >= 11 is 11.7. The van der Waals surface area contributed by atoms with Crippen molar-refractivity contribution < 1.29 is 14.4 Å². The van der Waals surface area contributed by atoms with Crippen LogP contribution in [0.3, 0.4) is 0 Å². The van der Waals surface area contributed by atoms with Crippen molar-refractivity contribution in [2.75, 3.05) is 10.6 Å². The summed E-state index contributed by atoms with van der Waals surface area (Å²) in [6.07, 6.45) is -0.134. The summed E-state index contributed by atoms with van der Waals surface area (Å²) in [4.78, 5) is 35.4. The van der Waals surface area contributed by atoms with Crippen LogP contribution in [0.4, 0.5) is 16.2 Å². The van der Waals surface area contributed by atoms with E-state index >= 15 is 0 Å². The second-order valence-corrected chi connectivity index (χ2v) is 6.44. The molecule has 0 saturated carbocycles. The van der Waals surface area contributed by atoms with Gasteiger partial charge in [-0.2, -0.15) is 0 Å². The number of urea groups is 1. The largest absolute Gasteiger partial charge is 0.337 e. The molecule has 7 nitrogen and oxygen atoms in total. The Labute approximate surface area is 166 Å². The molecule has 0 saturated heterocycles. The molecule has 0 aliphatic carbocycles. The minimum Gasteiger partial charge on any atom is -0.326 e. The van der Waals surface area contributed by atoms with Gasteiger partial charge in [-0.1, -0.05) is 29.3 Å². The first-order chi connectivity index (χ1) is 12.8. The Balaban J connectivity index is 1.70. The molecule has 0 fully saturated rings. The number of benzene rings is 2. The third kappa shape index (κ3) is 6.80. The Morgan fingerprint density at radius 3 is 2.22 bits per heavy atom. The zero-order chi connectivity index (χ0) is 19.8. The van der Waals surface area contributed by atoms with Crippen molar-refractivity contribution in [1.82, 2.24) is 10.9 Å². The predicted molar refractivity (Wildman–Crippen MR) is 106 cm³/mol. The lowest BCUT2D eigenvalue weighted by Gasteiger charge is -2.10. The van der Waals surface area contributed by atoms with Crippen LogP contribution in [0.15, 0.2) is 42.5 Å². The van der Waals surface area contributed by atoms with E-state index in [0.717, 1.165) is 5.56 Å². The van der Waals surface area contributed by atoms with E-state index < -0.39 is 11.9 Å². The lowest BCUT2D eigenvalue weighted by molar-refractivity contribution is -0.124. The third-order valence-electron chi connectivity index (χ3n) is 3.54. The lowest BCUT2D eigenvalue weighted by Crippen LogP contribution is -2.44. The maximum Gasteiger partial charge on any atom is 0.337 e. The molecule has 4 N–H and O–H groups in total. The quantitative estimate of drug-likeness (QED) is 0.564. The molecular weight excluding hydrogens is 391 g/mol. The molecule has 0 heterocycles. The van der Waals surface area contributed by atoms with Crippen molar-refractivity contribution in [2.24, 2.45) is 0 Å². The molecule has 0 bridgehead atoms. The van der Waals surface area contributed by atoms with Gasteiger partial charge >= 0.3 is 6.03 Å². The van der Waals surface area contributed by atoms with Gasteiger partial charge in [0, 0.05) is 34.3 Å². The topological polar surface area (TPSA) is 99.3 Å². The highest BCUT2D eigenvalue weighted by Gasteiger charge is 2.10. The van der Waals surface area contributed by atoms with Crippen molar-refractivity contribution in [3.63, 3.8) is 0 Å². The summed E-state index contributed by atoms with van der Waals surface area (Å²) in [5.41, 5.74) is 6.28. The van der Waals surface area contributed by atoms with Gasteiger partial charge in [0.2, 0.25) is 11.8 Å². The van der Waals surface area contributed by atoms with Gasteiger partial charge in [0.25, 0.3) is 0 Å². The van der Waals surface area contributed by atoms with Gasteiger partial charge in [-0.25, -0.2) is 10.2 Å². The molecule has 142 valence electrons. The van der Waals surface area contributed by atoms with E-state index in [0.29, 0.717) is 21.4 Å². The third-order valence-corrected chi connectivity index (χ3v) is 4.20. The molecule has 2 aromatic carbocycles.